The molecule has 0 amide bonds. The Balaban J connectivity index is 2.10. The van der Waals surface area contributed by atoms with E-state index in [-0.39, 0.29) is 0 Å². The molecule has 1 atom stereocenters. The molecule has 0 N–H and O–H groups in total. The molecule has 2 heteroatoms. The molecule has 0 bridgehead atoms. The van der Waals surface area contributed by atoms with Crippen LogP contribution in [0.3, 0.4) is 0 Å². The van der Waals surface area contributed by atoms with Crippen molar-refractivity contribution in [1.29, 1.82) is 0 Å². The van der Waals surface area contributed by atoms with Crippen LogP contribution in [0.4, 0.5) is 0 Å². The van der Waals surface area contributed by atoms with E-state index in [1.807, 2.05) is 0 Å². The summed E-state index contributed by atoms with van der Waals surface area (Å²) in [4.78, 5) is 0. The summed E-state index contributed by atoms with van der Waals surface area (Å²) in [5.74, 6) is -0.662. The topological polar surface area (TPSA) is 0 Å². The number of benzene rings is 1. The van der Waals surface area contributed by atoms with Crippen LogP contribution in [-0.2, 0) is 20.6 Å². The maximum absolute atomic E-state index is 2.76. The Kier molecular flexibility index (Phi) is 6.09. The van der Waals surface area contributed by atoms with Crippen LogP contribution in [0.5, 0.6) is 0 Å². The maximum atomic E-state index is 2.76. The van der Waals surface area contributed by atoms with Gasteiger partial charge in [-0.05, 0) is 0 Å². The molecule has 0 spiro atoms. The molecule has 144 valence electrons. The normalized spacial score (nSPS) is 20.7. The number of hydrogen-bond donors (Lipinski definition) is 0. The van der Waals surface area contributed by atoms with Crippen LogP contribution >= 0.6 is 0 Å². The molecule has 1 aromatic carbocycles. The molecule has 2 aliphatic carbocycles. The monoisotopic (exact) mass is 545 g/mol. The molecule has 27 heavy (non-hydrogen) atoms. The molecular weight excluding hydrogens is 507 g/mol. The molecule has 1 unspecified atom stereocenters. The van der Waals surface area contributed by atoms with Crippen molar-refractivity contribution < 1.29 is 20.6 Å². The predicted molar refractivity (Wildman–Crippen MR) is 121 cm³/mol. The van der Waals surface area contributed by atoms with Gasteiger partial charge < -0.3 is 0 Å². The van der Waals surface area contributed by atoms with Crippen molar-refractivity contribution in [3.05, 3.63) is 63.8 Å². The average Bonchev–Trinajstić information content (AvgIpc) is 3.01. The zero-order valence-electron chi connectivity index (χ0n) is 18.8. The van der Waals surface area contributed by atoms with Crippen molar-refractivity contribution in [3.8, 4) is 0 Å². The zero-order valence-corrected chi connectivity index (χ0v) is 23.6. The molecule has 1 aromatic rings. The summed E-state index contributed by atoms with van der Waals surface area (Å²) in [7, 11) is 0. The number of fused-ring (bicyclic) bond motifs is 1. The Labute approximate surface area is 176 Å². The van der Waals surface area contributed by atoms with Gasteiger partial charge in [-0.15, -0.1) is 0 Å². The van der Waals surface area contributed by atoms with Crippen LogP contribution in [0, 0.1) is 5.41 Å². The summed E-state index contributed by atoms with van der Waals surface area (Å²) in [5.41, 5.74) is 11.9. The minimum absolute atomic E-state index is 0.348. The van der Waals surface area contributed by atoms with Crippen LogP contribution in [0.2, 0.25) is 16.8 Å². The fourth-order valence-corrected chi connectivity index (χ4v) is 37.9. The summed E-state index contributed by atoms with van der Waals surface area (Å²) >= 11 is -1.94. The Morgan fingerprint density at radius 1 is 0.926 bits per heavy atom. The van der Waals surface area contributed by atoms with Crippen molar-refractivity contribution in [3.63, 3.8) is 0 Å². The summed E-state index contributed by atoms with van der Waals surface area (Å²) in [6.45, 7) is 22.1. The van der Waals surface area contributed by atoms with Crippen molar-refractivity contribution >= 4 is 11.6 Å². The van der Waals surface area contributed by atoms with Crippen molar-refractivity contribution in [1.82, 2.24) is 0 Å². The third-order valence-corrected chi connectivity index (χ3v) is 37.9. The van der Waals surface area contributed by atoms with Crippen LogP contribution < -0.4 is 0 Å². The molecule has 0 saturated heterocycles. The van der Waals surface area contributed by atoms with Gasteiger partial charge in [0.1, 0.15) is 0 Å². The Hall–Kier alpha value is -0.473. The second-order valence-corrected chi connectivity index (χ2v) is 38.3. The molecule has 2 aliphatic rings. The van der Waals surface area contributed by atoms with Crippen LogP contribution in [0.25, 0.3) is 5.57 Å². The van der Waals surface area contributed by atoms with Crippen molar-refractivity contribution in [2.24, 2.45) is 5.41 Å². The molecule has 0 aromatic heterocycles. The van der Waals surface area contributed by atoms with Gasteiger partial charge in [0, 0.05) is 0 Å². The Bertz CT molecular complexity index is 808. The molecule has 0 aliphatic heterocycles. The fourth-order valence-electron chi connectivity index (χ4n) is 5.16. The average molecular weight is 544 g/mol. The van der Waals surface area contributed by atoms with E-state index in [2.05, 4.69) is 91.9 Å². The third kappa shape index (κ3) is 3.99. The zero-order chi connectivity index (χ0) is 20.1. The number of allylic oxidation sites excluding steroid dienone is 6. The quantitative estimate of drug-likeness (QED) is 0.342. The van der Waals surface area contributed by atoms with Gasteiger partial charge in [-0.1, -0.05) is 0 Å². The minimum atomic E-state index is -1.94. The summed E-state index contributed by atoms with van der Waals surface area (Å²) < 4.78 is 1.65. The molecule has 0 heterocycles. The van der Waals surface area contributed by atoms with Crippen molar-refractivity contribution in [2.75, 3.05) is 0 Å². The second-order valence-electron chi connectivity index (χ2n) is 10.2. The molecule has 0 saturated carbocycles. The number of rotatable bonds is 4. The molecule has 0 fully saturated rings. The van der Waals surface area contributed by atoms with Crippen LogP contribution in [0.1, 0.15) is 69.7 Å². The van der Waals surface area contributed by atoms with E-state index in [1.165, 1.54) is 6.42 Å². The van der Waals surface area contributed by atoms with Gasteiger partial charge in [-0.2, -0.15) is 0 Å². The van der Waals surface area contributed by atoms with Gasteiger partial charge in [0.15, 0.2) is 0 Å². The number of hydrogen-bond acceptors (Lipinski definition) is 0. The van der Waals surface area contributed by atoms with Gasteiger partial charge in [0.2, 0.25) is 0 Å². The van der Waals surface area contributed by atoms with E-state index >= 15 is 0 Å². The first-order valence-corrected chi connectivity index (χ1v) is 23.8. The van der Waals surface area contributed by atoms with Gasteiger partial charge in [-0.25, -0.2) is 0 Å². The summed E-state index contributed by atoms with van der Waals surface area (Å²) in [6.07, 6.45) is 3.96. The van der Waals surface area contributed by atoms with E-state index < -0.39 is 26.6 Å². The molecule has 0 radical (unpaired) electrons. The second kappa shape index (κ2) is 7.75. The van der Waals surface area contributed by atoms with E-state index in [0.29, 0.717) is 5.41 Å². The third-order valence-electron chi connectivity index (χ3n) is 6.70. The molecule has 0 nitrogen and oxygen atoms in total. The van der Waals surface area contributed by atoms with E-state index in [4.69, 9.17) is 0 Å². The predicted octanol–water partition coefficient (Wildman–Crippen LogP) is 7.64. The molecular formula is C25H37HfSi+. The Morgan fingerprint density at radius 3 is 2.00 bits per heavy atom. The fraction of sp³-hybridized carbons (Fsp3) is 0.520. The van der Waals surface area contributed by atoms with Gasteiger partial charge in [0.05, 0.1) is 0 Å². The Morgan fingerprint density at radius 2 is 1.48 bits per heavy atom. The first kappa shape index (κ1) is 21.2. The van der Waals surface area contributed by atoms with Gasteiger partial charge in [0.25, 0.3) is 0 Å². The summed E-state index contributed by atoms with van der Waals surface area (Å²) in [5, 5.41) is 0. The van der Waals surface area contributed by atoms with Crippen LogP contribution in [0.15, 0.2) is 52.6 Å². The standard InChI is InChI=1S/C14H17.C9H13.C2H7Si.Hf/c1-14(2,3)10-12-9-8-11-6-4-5-7-13(11)12;1-6-5-7(2)9(4)8(6)3;1-3-2;/h4-9H,10H2,1-3H3;5H,1-4H3;3H,1-2H3;/q;;;+1. The van der Waals surface area contributed by atoms with E-state index in [9.17, 15) is 0 Å². The first-order chi connectivity index (χ1) is 12.5. The van der Waals surface area contributed by atoms with Crippen molar-refractivity contribution in [2.45, 2.75) is 75.3 Å². The van der Waals surface area contributed by atoms with Crippen LogP contribution in [-0.4, -0.2) is 5.98 Å². The van der Waals surface area contributed by atoms with Gasteiger partial charge >= 0.3 is 177 Å². The molecule has 3 rings (SSSR count). The van der Waals surface area contributed by atoms with Gasteiger partial charge in [-0.3, -0.25) is 0 Å². The van der Waals surface area contributed by atoms with E-state index in [0.717, 1.165) is 7.35 Å². The SMILES string of the molecule is CC1=C(C)[CH]([Hf+]([CH]2C=C(CC(C)(C)C)c3ccccc32)[SiH](C)C)C(C)=C1C. The summed E-state index contributed by atoms with van der Waals surface area (Å²) in [6, 6.07) is 9.38. The first-order valence-electron chi connectivity index (χ1n) is 10.5. The van der Waals surface area contributed by atoms with E-state index in [1.54, 1.807) is 39.0 Å².